The topological polar surface area (TPSA) is 37.8 Å². The summed E-state index contributed by atoms with van der Waals surface area (Å²) < 4.78 is 41.0. The lowest BCUT2D eigenvalue weighted by atomic mass is 9.89. The van der Waals surface area contributed by atoms with Gasteiger partial charge in [0.2, 0.25) is 0 Å². The Hall–Kier alpha value is -0.690. The number of nitrogens with zero attached hydrogens (tertiary/aromatic N) is 2. The van der Waals surface area contributed by atoms with Gasteiger partial charge in [0.25, 0.3) is 0 Å². The lowest BCUT2D eigenvalue weighted by Crippen LogP contribution is -2.25. The molecule has 21 heavy (non-hydrogen) atoms. The van der Waals surface area contributed by atoms with Crippen LogP contribution in [0, 0.1) is 0 Å². The molecule has 1 aromatic heterocycles. The minimum atomic E-state index is -4.09. The Kier molecular flexibility index (Phi) is 6.59. The molecular formula is C14H24F3N3S. The number of hydrogen-bond donors (Lipinski definition) is 1. The van der Waals surface area contributed by atoms with Crippen LogP contribution in [-0.4, -0.2) is 22.3 Å². The summed E-state index contributed by atoms with van der Waals surface area (Å²) in [4.78, 5) is 0.970. The zero-order valence-electron chi connectivity index (χ0n) is 13.0. The van der Waals surface area contributed by atoms with Crippen LogP contribution >= 0.6 is 11.5 Å². The molecule has 0 aliphatic rings. The first-order chi connectivity index (χ1) is 9.65. The molecule has 0 saturated carbocycles. The van der Waals surface area contributed by atoms with Crippen molar-refractivity contribution in [2.45, 2.75) is 71.0 Å². The first-order valence-electron chi connectivity index (χ1n) is 7.28. The van der Waals surface area contributed by atoms with Gasteiger partial charge in [-0.3, -0.25) is 0 Å². The van der Waals surface area contributed by atoms with Gasteiger partial charge in [0.05, 0.1) is 10.6 Å². The van der Waals surface area contributed by atoms with E-state index in [0.29, 0.717) is 6.42 Å². The lowest BCUT2D eigenvalue weighted by molar-refractivity contribution is -0.135. The van der Waals surface area contributed by atoms with E-state index in [0.717, 1.165) is 23.5 Å². The van der Waals surface area contributed by atoms with E-state index in [-0.39, 0.29) is 17.9 Å². The van der Waals surface area contributed by atoms with Gasteiger partial charge in [0.15, 0.2) is 0 Å². The maximum atomic E-state index is 12.3. The molecule has 0 aromatic carbocycles. The van der Waals surface area contributed by atoms with Gasteiger partial charge in [-0.1, -0.05) is 32.2 Å². The smallest absolute Gasteiger partial charge is 0.309 e. The second kappa shape index (κ2) is 7.54. The molecule has 0 aliphatic carbocycles. The molecule has 1 heterocycles. The van der Waals surface area contributed by atoms with Gasteiger partial charge in [-0.15, -0.1) is 5.10 Å². The molecule has 1 atom stereocenters. The molecule has 0 amide bonds. The Bertz CT molecular complexity index is 424. The highest BCUT2D eigenvalue weighted by molar-refractivity contribution is 7.05. The minimum absolute atomic E-state index is 0.0958. The van der Waals surface area contributed by atoms with E-state index in [1.54, 1.807) is 0 Å². The highest BCUT2D eigenvalue weighted by atomic mass is 32.1. The number of rotatable bonds is 7. The van der Waals surface area contributed by atoms with Crippen molar-refractivity contribution in [3.8, 4) is 0 Å². The minimum Gasteiger partial charge on any atom is -0.309 e. The van der Waals surface area contributed by atoms with Crippen molar-refractivity contribution >= 4 is 11.5 Å². The van der Waals surface area contributed by atoms with E-state index < -0.39 is 12.6 Å². The van der Waals surface area contributed by atoms with Crippen LogP contribution in [0.1, 0.15) is 70.0 Å². The van der Waals surface area contributed by atoms with Gasteiger partial charge < -0.3 is 5.32 Å². The predicted molar refractivity (Wildman–Crippen MR) is 79.5 cm³/mol. The molecule has 1 unspecified atom stereocenters. The summed E-state index contributed by atoms with van der Waals surface area (Å²) in [5.74, 6) is 0. The van der Waals surface area contributed by atoms with Crippen molar-refractivity contribution in [1.82, 2.24) is 14.9 Å². The maximum absolute atomic E-state index is 12.3. The number of halogens is 3. The van der Waals surface area contributed by atoms with Gasteiger partial charge in [-0.25, -0.2) is 0 Å². The summed E-state index contributed by atoms with van der Waals surface area (Å²) in [6, 6.07) is -0.0958. The molecule has 1 aromatic rings. The highest BCUT2D eigenvalue weighted by Gasteiger charge is 2.29. The molecule has 0 aliphatic heterocycles. The summed E-state index contributed by atoms with van der Waals surface area (Å²) >= 11 is 1.29. The SMILES string of the molecule is CCCNC(CCCC(F)(F)F)c1snnc1C(C)(C)C. The fraction of sp³-hybridized carbons (Fsp3) is 0.857. The van der Waals surface area contributed by atoms with E-state index in [1.807, 2.05) is 27.7 Å². The fourth-order valence-corrected chi connectivity index (χ4v) is 3.07. The Morgan fingerprint density at radius 2 is 1.90 bits per heavy atom. The van der Waals surface area contributed by atoms with Crippen LogP contribution in [0.15, 0.2) is 0 Å². The molecule has 3 nitrogen and oxygen atoms in total. The highest BCUT2D eigenvalue weighted by Crippen LogP contribution is 2.33. The van der Waals surface area contributed by atoms with Crippen molar-refractivity contribution in [3.63, 3.8) is 0 Å². The number of aromatic nitrogens is 2. The van der Waals surface area contributed by atoms with Crippen LogP contribution in [0.25, 0.3) is 0 Å². The zero-order valence-corrected chi connectivity index (χ0v) is 13.9. The van der Waals surface area contributed by atoms with Gasteiger partial charge in [-0.05, 0) is 37.3 Å². The Labute approximate surface area is 128 Å². The normalized spacial score (nSPS) is 14.4. The summed E-state index contributed by atoms with van der Waals surface area (Å²) in [5, 5.41) is 7.51. The largest absolute Gasteiger partial charge is 0.389 e. The lowest BCUT2D eigenvalue weighted by Gasteiger charge is -2.23. The van der Waals surface area contributed by atoms with E-state index >= 15 is 0 Å². The molecule has 0 radical (unpaired) electrons. The molecule has 0 saturated heterocycles. The summed E-state index contributed by atoms with van der Waals surface area (Å²) in [6.45, 7) is 8.94. The molecular weight excluding hydrogens is 299 g/mol. The molecule has 1 N–H and O–H groups in total. The standard InChI is InChI=1S/C14H24F3N3S/c1-5-9-18-10(7-6-8-14(15,16)17)11-12(13(2,3)4)19-20-21-11/h10,18H,5-9H2,1-4H3. The zero-order chi connectivity index (χ0) is 16.1. The average molecular weight is 323 g/mol. The number of nitrogens with one attached hydrogen (secondary N) is 1. The molecule has 7 heteroatoms. The number of alkyl halides is 3. The van der Waals surface area contributed by atoms with Crippen molar-refractivity contribution in [1.29, 1.82) is 0 Å². The van der Waals surface area contributed by atoms with E-state index in [2.05, 4.69) is 14.9 Å². The van der Waals surface area contributed by atoms with Crippen molar-refractivity contribution in [2.75, 3.05) is 6.54 Å². The average Bonchev–Trinajstić information content (AvgIpc) is 2.80. The first kappa shape index (κ1) is 18.4. The van der Waals surface area contributed by atoms with Crippen molar-refractivity contribution < 1.29 is 13.2 Å². The molecule has 0 fully saturated rings. The first-order valence-corrected chi connectivity index (χ1v) is 8.05. The Morgan fingerprint density at radius 3 is 2.43 bits per heavy atom. The third-order valence-corrected chi connectivity index (χ3v) is 3.97. The second-order valence-corrected chi connectivity index (χ2v) is 7.04. The monoisotopic (exact) mass is 323 g/mol. The van der Waals surface area contributed by atoms with E-state index in [4.69, 9.17) is 0 Å². The third kappa shape index (κ3) is 6.30. The quantitative estimate of drug-likeness (QED) is 0.796. The van der Waals surface area contributed by atoms with Gasteiger partial charge in [0.1, 0.15) is 0 Å². The summed E-state index contributed by atoms with van der Waals surface area (Å²) in [6.07, 6.45) is -3.33. The number of hydrogen-bond acceptors (Lipinski definition) is 4. The van der Waals surface area contributed by atoms with Gasteiger partial charge >= 0.3 is 6.18 Å². The maximum Gasteiger partial charge on any atom is 0.389 e. The predicted octanol–water partition coefficient (Wildman–Crippen LogP) is 4.61. The van der Waals surface area contributed by atoms with Crippen molar-refractivity contribution in [3.05, 3.63) is 10.6 Å². The molecule has 0 spiro atoms. The van der Waals surface area contributed by atoms with E-state index in [1.165, 1.54) is 11.5 Å². The third-order valence-electron chi connectivity index (χ3n) is 3.13. The van der Waals surface area contributed by atoms with E-state index in [9.17, 15) is 13.2 Å². The molecule has 1 rings (SSSR count). The van der Waals surface area contributed by atoms with Crippen LogP contribution < -0.4 is 5.32 Å². The van der Waals surface area contributed by atoms with Crippen LogP contribution in [0.3, 0.4) is 0 Å². The molecule has 122 valence electrons. The van der Waals surface area contributed by atoms with Crippen LogP contribution in [0.5, 0.6) is 0 Å². The fourth-order valence-electron chi connectivity index (χ4n) is 2.10. The van der Waals surface area contributed by atoms with Crippen LogP contribution in [0.2, 0.25) is 0 Å². The van der Waals surface area contributed by atoms with Gasteiger partial charge in [-0.2, -0.15) is 13.2 Å². The molecule has 0 bridgehead atoms. The van der Waals surface area contributed by atoms with Gasteiger partial charge in [0, 0.05) is 17.9 Å². The summed E-state index contributed by atoms with van der Waals surface area (Å²) in [7, 11) is 0. The van der Waals surface area contributed by atoms with Crippen LogP contribution in [-0.2, 0) is 5.41 Å². The Balaban J connectivity index is 2.80. The second-order valence-electron chi connectivity index (χ2n) is 6.25. The van der Waals surface area contributed by atoms with Crippen LogP contribution in [0.4, 0.5) is 13.2 Å². The van der Waals surface area contributed by atoms with Crippen molar-refractivity contribution in [2.24, 2.45) is 0 Å². The Morgan fingerprint density at radius 1 is 1.24 bits per heavy atom. The summed E-state index contributed by atoms with van der Waals surface area (Å²) in [5.41, 5.74) is 0.728.